The van der Waals surface area contributed by atoms with Gasteiger partial charge < -0.3 is 5.73 Å². The summed E-state index contributed by atoms with van der Waals surface area (Å²) in [6.07, 6.45) is 6.81. The van der Waals surface area contributed by atoms with E-state index in [1.54, 1.807) is 0 Å². The molecule has 1 aliphatic carbocycles. The second kappa shape index (κ2) is 6.13. The maximum absolute atomic E-state index is 6.24. The number of nitrogens with two attached hydrogens (primary N) is 1. The molecule has 0 spiro atoms. The summed E-state index contributed by atoms with van der Waals surface area (Å²) in [6.45, 7) is 13.0. The Morgan fingerprint density at radius 2 is 1.63 bits per heavy atom. The molecule has 1 heterocycles. The van der Waals surface area contributed by atoms with Crippen molar-refractivity contribution in [3.8, 4) is 0 Å². The van der Waals surface area contributed by atoms with Gasteiger partial charge in [0.15, 0.2) is 0 Å². The Balaban J connectivity index is 2.03. The number of rotatable bonds is 3. The molecule has 0 aromatic rings. The van der Waals surface area contributed by atoms with Gasteiger partial charge in [-0.15, -0.1) is 0 Å². The minimum absolute atomic E-state index is 0.328. The van der Waals surface area contributed by atoms with Crippen molar-refractivity contribution < 1.29 is 0 Å². The lowest BCUT2D eigenvalue weighted by atomic mass is 9.71. The van der Waals surface area contributed by atoms with Crippen LogP contribution in [0.15, 0.2) is 0 Å². The van der Waals surface area contributed by atoms with E-state index in [1.165, 1.54) is 45.2 Å². The molecule has 2 rings (SSSR count). The third-order valence-electron chi connectivity index (χ3n) is 5.82. The third-order valence-corrected chi connectivity index (χ3v) is 5.82. The van der Waals surface area contributed by atoms with Crippen molar-refractivity contribution in [2.75, 3.05) is 19.6 Å². The van der Waals surface area contributed by atoms with Crippen LogP contribution in [-0.4, -0.2) is 30.1 Å². The molecule has 0 amide bonds. The van der Waals surface area contributed by atoms with Crippen LogP contribution in [0.4, 0.5) is 0 Å². The zero-order chi connectivity index (χ0) is 14.0. The summed E-state index contributed by atoms with van der Waals surface area (Å²) in [4.78, 5) is 2.77. The first kappa shape index (κ1) is 15.3. The molecule has 0 aromatic carbocycles. The second-order valence-electron chi connectivity index (χ2n) is 7.86. The van der Waals surface area contributed by atoms with Crippen molar-refractivity contribution in [2.24, 2.45) is 29.4 Å². The van der Waals surface area contributed by atoms with Crippen molar-refractivity contribution in [2.45, 2.75) is 65.3 Å². The van der Waals surface area contributed by atoms with E-state index in [2.05, 4.69) is 32.6 Å². The zero-order valence-electron chi connectivity index (χ0n) is 13.5. The maximum Gasteiger partial charge on any atom is 0.0332 e. The molecule has 112 valence electrons. The summed E-state index contributed by atoms with van der Waals surface area (Å²) in [5, 5.41) is 0. The number of nitrogens with zero attached hydrogens (tertiary/aromatic N) is 1. The van der Waals surface area contributed by atoms with Gasteiger partial charge in [0.2, 0.25) is 0 Å². The Bertz CT molecular complexity index is 269. The molecule has 2 atom stereocenters. The minimum Gasteiger partial charge on any atom is -0.329 e. The van der Waals surface area contributed by atoms with E-state index in [1.807, 2.05) is 0 Å². The van der Waals surface area contributed by atoms with Crippen molar-refractivity contribution >= 4 is 0 Å². The summed E-state index contributed by atoms with van der Waals surface area (Å²) < 4.78 is 0. The Hall–Kier alpha value is -0.0800. The molecule has 1 saturated heterocycles. The van der Waals surface area contributed by atoms with Crippen LogP contribution in [0.25, 0.3) is 0 Å². The Morgan fingerprint density at radius 1 is 1.11 bits per heavy atom. The van der Waals surface area contributed by atoms with Crippen LogP contribution >= 0.6 is 0 Å². The van der Waals surface area contributed by atoms with E-state index < -0.39 is 0 Å². The van der Waals surface area contributed by atoms with Crippen LogP contribution in [0.1, 0.15) is 59.8 Å². The molecular formula is C17H34N2. The lowest BCUT2D eigenvalue weighted by Crippen LogP contribution is -2.59. The van der Waals surface area contributed by atoms with Crippen LogP contribution in [0, 0.1) is 23.7 Å². The molecular weight excluding hydrogens is 232 g/mol. The van der Waals surface area contributed by atoms with Crippen molar-refractivity contribution in [3.63, 3.8) is 0 Å². The van der Waals surface area contributed by atoms with Crippen LogP contribution in [0.3, 0.4) is 0 Å². The van der Waals surface area contributed by atoms with E-state index in [-0.39, 0.29) is 0 Å². The lowest BCUT2D eigenvalue weighted by Gasteiger charge is -2.52. The molecule has 0 aromatic heterocycles. The van der Waals surface area contributed by atoms with E-state index in [0.717, 1.165) is 30.2 Å². The van der Waals surface area contributed by atoms with Gasteiger partial charge in [0.05, 0.1) is 0 Å². The topological polar surface area (TPSA) is 29.3 Å². The molecule has 2 unspecified atom stereocenters. The van der Waals surface area contributed by atoms with Gasteiger partial charge in [-0.3, -0.25) is 4.90 Å². The van der Waals surface area contributed by atoms with Gasteiger partial charge in [-0.2, -0.15) is 0 Å². The molecule has 19 heavy (non-hydrogen) atoms. The highest BCUT2D eigenvalue weighted by Gasteiger charge is 2.41. The quantitative estimate of drug-likeness (QED) is 0.847. The van der Waals surface area contributed by atoms with Gasteiger partial charge in [-0.05, 0) is 55.8 Å². The summed E-state index contributed by atoms with van der Waals surface area (Å²) in [5.74, 6) is 3.46. The smallest absolute Gasteiger partial charge is 0.0332 e. The number of likely N-dealkylation sites (tertiary alicyclic amines) is 1. The van der Waals surface area contributed by atoms with Crippen LogP contribution in [0.2, 0.25) is 0 Å². The fraction of sp³-hybridized carbons (Fsp3) is 1.00. The maximum atomic E-state index is 6.24. The van der Waals surface area contributed by atoms with Crippen LogP contribution in [-0.2, 0) is 0 Å². The predicted octanol–water partition coefficient (Wildman–Crippen LogP) is 3.51. The van der Waals surface area contributed by atoms with Gasteiger partial charge in [-0.1, -0.05) is 27.7 Å². The fourth-order valence-corrected chi connectivity index (χ4v) is 4.54. The van der Waals surface area contributed by atoms with Crippen LogP contribution < -0.4 is 5.73 Å². The van der Waals surface area contributed by atoms with Gasteiger partial charge in [0, 0.05) is 25.2 Å². The third kappa shape index (κ3) is 3.33. The van der Waals surface area contributed by atoms with E-state index >= 15 is 0 Å². The molecule has 1 aliphatic heterocycles. The normalized spacial score (nSPS) is 41.7. The molecule has 2 N–H and O–H groups in total. The highest BCUT2D eigenvalue weighted by molar-refractivity contribution is 4.98. The number of hydrogen-bond acceptors (Lipinski definition) is 2. The molecule has 1 saturated carbocycles. The zero-order valence-corrected chi connectivity index (χ0v) is 13.5. The highest BCUT2D eigenvalue weighted by atomic mass is 15.2. The fourth-order valence-electron chi connectivity index (χ4n) is 4.54. The monoisotopic (exact) mass is 266 g/mol. The SMILES string of the molecule is CC1CC(C)CN(C2(CN)CCC(C(C)C)CC2)C1. The number of hydrogen-bond donors (Lipinski definition) is 1. The average molecular weight is 266 g/mol. The highest BCUT2D eigenvalue weighted by Crippen LogP contribution is 2.41. The molecule has 2 aliphatic rings. The Morgan fingerprint density at radius 3 is 2.05 bits per heavy atom. The second-order valence-corrected chi connectivity index (χ2v) is 7.86. The first-order valence-electron chi connectivity index (χ1n) is 8.42. The van der Waals surface area contributed by atoms with Gasteiger partial charge in [0.1, 0.15) is 0 Å². The van der Waals surface area contributed by atoms with Gasteiger partial charge in [0.25, 0.3) is 0 Å². The van der Waals surface area contributed by atoms with E-state index in [9.17, 15) is 0 Å². The first-order chi connectivity index (χ1) is 8.97. The summed E-state index contributed by atoms with van der Waals surface area (Å²) in [6, 6.07) is 0. The summed E-state index contributed by atoms with van der Waals surface area (Å²) in [7, 11) is 0. The van der Waals surface area contributed by atoms with Crippen molar-refractivity contribution in [3.05, 3.63) is 0 Å². The predicted molar refractivity (Wildman–Crippen MR) is 83.1 cm³/mol. The van der Waals surface area contributed by atoms with Crippen molar-refractivity contribution in [1.82, 2.24) is 4.90 Å². The molecule has 0 radical (unpaired) electrons. The van der Waals surface area contributed by atoms with Crippen LogP contribution in [0.5, 0.6) is 0 Å². The average Bonchev–Trinajstić information content (AvgIpc) is 2.37. The Labute approximate surface area is 120 Å². The lowest BCUT2D eigenvalue weighted by molar-refractivity contribution is -0.00842. The summed E-state index contributed by atoms with van der Waals surface area (Å²) >= 11 is 0. The molecule has 2 fully saturated rings. The number of piperidine rings is 1. The molecule has 0 bridgehead atoms. The van der Waals surface area contributed by atoms with Gasteiger partial charge >= 0.3 is 0 Å². The largest absolute Gasteiger partial charge is 0.329 e. The summed E-state index contributed by atoms with van der Waals surface area (Å²) in [5.41, 5.74) is 6.57. The van der Waals surface area contributed by atoms with Crippen molar-refractivity contribution in [1.29, 1.82) is 0 Å². The molecule has 2 nitrogen and oxygen atoms in total. The molecule has 2 heteroatoms. The first-order valence-corrected chi connectivity index (χ1v) is 8.42. The van der Waals surface area contributed by atoms with E-state index in [4.69, 9.17) is 5.73 Å². The standard InChI is InChI=1S/C17H34N2/c1-13(2)16-5-7-17(12-18,8-6-16)19-10-14(3)9-15(4)11-19/h13-16H,5-12,18H2,1-4H3. The van der Waals surface area contributed by atoms with E-state index in [0.29, 0.717) is 5.54 Å². The van der Waals surface area contributed by atoms with Gasteiger partial charge in [-0.25, -0.2) is 0 Å². The Kier molecular flexibility index (Phi) is 4.94. The minimum atomic E-state index is 0.328.